The van der Waals surface area contributed by atoms with Crippen LogP contribution in [0.25, 0.3) is 10.6 Å². The van der Waals surface area contributed by atoms with Gasteiger partial charge in [0.2, 0.25) is 0 Å². The third-order valence-electron chi connectivity index (χ3n) is 2.94. The molecule has 0 saturated heterocycles. The Bertz CT molecular complexity index is 985. The SMILES string of the molecule is O=C(O)c1nc(-c2ccccc2)sc1C(=O)O.O=C(O)c1nsnc1C(=O)O. The van der Waals surface area contributed by atoms with Crippen LogP contribution in [0.2, 0.25) is 0 Å². The monoisotopic (exact) mass is 423 g/mol. The lowest BCUT2D eigenvalue weighted by molar-refractivity contribution is 0.0644. The van der Waals surface area contributed by atoms with Crippen LogP contribution in [0, 0.1) is 0 Å². The average molecular weight is 423 g/mol. The lowest BCUT2D eigenvalue weighted by Crippen LogP contribution is -2.07. The summed E-state index contributed by atoms with van der Waals surface area (Å²) in [6, 6.07) is 8.86. The highest BCUT2D eigenvalue weighted by atomic mass is 32.1. The number of benzene rings is 1. The summed E-state index contributed by atoms with van der Waals surface area (Å²) >= 11 is 1.42. The normalized spacial score (nSPS) is 9.86. The third kappa shape index (κ3) is 4.72. The number of aromatic carboxylic acids is 4. The zero-order valence-corrected chi connectivity index (χ0v) is 15.1. The number of carboxylic acids is 4. The Balaban J connectivity index is 0.000000221. The fraction of sp³-hybridized carbons (Fsp3) is 0. The largest absolute Gasteiger partial charge is 0.477 e. The Hall–Kier alpha value is -3.71. The molecule has 0 aliphatic heterocycles. The predicted octanol–water partition coefficient (Wildman–Crippen LogP) is 2.14. The van der Waals surface area contributed by atoms with E-state index in [0.717, 1.165) is 11.3 Å². The summed E-state index contributed by atoms with van der Waals surface area (Å²) in [6.07, 6.45) is 0. The molecule has 4 N–H and O–H groups in total. The Morgan fingerprint density at radius 3 is 1.61 bits per heavy atom. The maximum atomic E-state index is 10.9. The summed E-state index contributed by atoms with van der Waals surface area (Å²) in [6.45, 7) is 0. The molecule has 1 aromatic carbocycles. The first-order valence-electron chi connectivity index (χ1n) is 7.04. The van der Waals surface area contributed by atoms with Crippen molar-refractivity contribution < 1.29 is 39.6 Å². The summed E-state index contributed by atoms with van der Waals surface area (Å²) in [7, 11) is 0. The first kappa shape index (κ1) is 20.6. The van der Waals surface area contributed by atoms with E-state index in [1.165, 1.54) is 0 Å². The standard InChI is InChI=1S/C11H7NO4S.C4H2N2O4S/c13-10(14)7-8(11(15)16)17-9(12-7)6-4-2-1-3-5-6;7-3(8)1-2(4(9)10)6-11-5-1/h1-5H,(H,13,14)(H,15,16);(H,7,8)(H,9,10). The van der Waals surface area contributed by atoms with Crippen molar-refractivity contribution in [1.29, 1.82) is 0 Å². The first-order chi connectivity index (χ1) is 13.2. The Kier molecular flexibility index (Phi) is 6.46. The zero-order valence-electron chi connectivity index (χ0n) is 13.5. The van der Waals surface area contributed by atoms with Gasteiger partial charge in [-0.15, -0.1) is 11.3 Å². The van der Waals surface area contributed by atoms with Gasteiger partial charge < -0.3 is 20.4 Å². The van der Waals surface area contributed by atoms with Crippen molar-refractivity contribution in [2.24, 2.45) is 0 Å². The fourth-order valence-corrected chi connectivity index (χ4v) is 3.22. The van der Waals surface area contributed by atoms with Crippen LogP contribution in [-0.2, 0) is 0 Å². The molecule has 13 heteroatoms. The first-order valence-corrected chi connectivity index (χ1v) is 8.59. The molecule has 28 heavy (non-hydrogen) atoms. The van der Waals surface area contributed by atoms with E-state index in [-0.39, 0.29) is 4.88 Å². The van der Waals surface area contributed by atoms with E-state index in [1.54, 1.807) is 24.3 Å². The summed E-state index contributed by atoms with van der Waals surface area (Å²) in [5, 5.41) is 34.8. The molecule has 3 aromatic rings. The maximum absolute atomic E-state index is 10.9. The van der Waals surface area contributed by atoms with E-state index in [4.69, 9.17) is 20.4 Å². The highest BCUT2D eigenvalue weighted by molar-refractivity contribution is 7.17. The molecule has 0 atom stereocenters. The highest BCUT2D eigenvalue weighted by Crippen LogP contribution is 2.28. The van der Waals surface area contributed by atoms with Crippen molar-refractivity contribution in [3.63, 3.8) is 0 Å². The molecule has 0 saturated carbocycles. The van der Waals surface area contributed by atoms with E-state index in [1.807, 2.05) is 6.07 Å². The molecule has 11 nitrogen and oxygen atoms in total. The van der Waals surface area contributed by atoms with E-state index < -0.39 is 41.0 Å². The zero-order chi connectivity index (χ0) is 20.8. The molecule has 0 spiro atoms. The molecule has 2 heterocycles. The second-order valence-corrected chi connectivity index (χ2v) is 6.27. The summed E-state index contributed by atoms with van der Waals surface area (Å²) in [4.78, 5) is 45.8. The second kappa shape index (κ2) is 8.79. The van der Waals surface area contributed by atoms with Gasteiger partial charge in [-0.05, 0) is 0 Å². The van der Waals surface area contributed by atoms with Crippen molar-refractivity contribution in [3.8, 4) is 10.6 Å². The van der Waals surface area contributed by atoms with Crippen molar-refractivity contribution in [2.45, 2.75) is 0 Å². The number of carboxylic acid groups (broad SMARTS) is 4. The van der Waals surface area contributed by atoms with Crippen LogP contribution in [0.5, 0.6) is 0 Å². The van der Waals surface area contributed by atoms with Gasteiger partial charge in [0.15, 0.2) is 17.1 Å². The molecule has 0 aliphatic rings. The topological polar surface area (TPSA) is 188 Å². The molecule has 0 bridgehead atoms. The minimum Gasteiger partial charge on any atom is -0.477 e. The lowest BCUT2D eigenvalue weighted by atomic mass is 10.2. The van der Waals surface area contributed by atoms with Crippen molar-refractivity contribution >= 4 is 46.9 Å². The molecular formula is C15H9N3O8S2. The highest BCUT2D eigenvalue weighted by Gasteiger charge is 2.23. The molecule has 144 valence electrons. The molecule has 0 fully saturated rings. The van der Waals surface area contributed by atoms with Crippen molar-refractivity contribution in [1.82, 2.24) is 13.7 Å². The Morgan fingerprint density at radius 2 is 1.21 bits per heavy atom. The molecule has 0 radical (unpaired) electrons. The van der Waals surface area contributed by atoms with Gasteiger partial charge in [0.05, 0.1) is 11.7 Å². The summed E-state index contributed by atoms with van der Waals surface area (Å²) in [5.74, 6) is -5.37. The molecule has 0 amide bonds. The second-order valence-electron chi connectivity index (χ2n) is 4.74. The van der Waals surface area contributed by atoms with Crippen molar-refractivity contribution in [3.05, 3.63) is 52.3 Å². The van der Waals surface area contributed by atoms with Crippen LogP contribution in [0.3, 0.4) is 0 Å². The van der Waals surface area contributed by atoms with Crippen LogP contribution in [-0.4, -0.2) is 58.0 Å². The van der Waals surface area contributed by atoms with Gasteiger partial charge in [-0.2, -0.15) is 8.75 Å². The summed E-state index contributed by atoms with van der Waals surface area (Å²) in [5.41, 5.74) is -0.737. The molecule has 3 rings (SSSR count). The van der Waals surface area contributed by atoms with E-state index in [0.29, 0.717) is 22.3 Å². The van der Waals surface area contributed by atoms with Crippen LogP contribution in [0.15, 0.2) is 30.3 Å². The number of hydrogen-bond acceptors (Lipinski definition) is 9. The van der Waals surface area contributed by atoms with Gasteiger partial charge in [0.1, 0.15) is 9.88 Å². The Morgan fingerprint density at radius 1 is 0.714 bits per heavy atom. The van der Waals surface area contributed by atoms with Gasteiger partial charge in [0, 0.05) is 5.56 Å². The Labute approximate surface area is 163 Å². The third-order valence-corrected chi connectivity index (χ3v) is 4.56. The number of hydrogen-bond donors (Lipinski definition) is 4. The van der Waals surface area contributed by atoms with E-state index in [2.05, 4.69) is 13.7 Å². The van der Waals surface area contributed by atoms with Gasteiger partial charge in [-0.3, -0.25) is 0 Å². The average Bonchev–Trinajstić information content (AvgIpc) is 3.30. The number of thiazole rings is 1. The van der Waals surface area contributed by atoms with Crippen LogP contribution < -0.4 is 0 Å². The van der Waals surface area contributed by atoms with Crippen LogP contribution >= 0.6 is 23.1 Å². The predicted molar refractivity (Wildman–Crippen MR) is 95.3 cm³/mol. The number of aromatic nitrogens is 3. The summed E-state index contributed by atoms with van der Waals surface area (Å²) < 4.78 is 6.57. The van der Waals surface area contributed by atoms with Crippen LogP contribution in [0.4, 0.5) is 0 Å². The lowest BCUT2D eigenvalue weighted by Gasteiger charge is -1.92. The van der Waals surface area contributed by atoms with Gasteiger partial charge in [-0.1, -0.05) is 30.3 Å². The molecule has 0 unspecified atom stereocenters. The smallest absolute Gasteiger partial charge is 0.358 e. The number of nitrogens with zero attached hydrogens (tertiary/aromatic N) is 3. The minimum absolute atomic E-state index is 0.253. The quantitative estimate of drug-likeness (QED) is 0.470. The number of rotatable bonds is 5. The van der Waals surface area contributed by atoms with Crippen molar-refractivity contribution in [2.75, 3.05) is 0 Å². The van der Waals surface area contributed by atoms with E-state index in [9.17, 15) is 19.2 Å². The van der Waals surface area contributed by atoms with E-state index >= 15 is 0 Å². The van der Waals surface area contributed by atoms with Gasteiger partial charge in [-0.25, -0.2) is 24.2 Å². The minimum atomic E-state index is -1.38. The molecular weight excluding hydrogens is 414 g/mol. The van der Waals surface area contributed by atoms with Crippen LogP contribution in [0.1, 0.15) is 41.1 Å². The molecule has 2 aromatic heterocycles. The number of carbonyl (C=O) groups is 4. The van der Waals surface area contributed by atoms with Gasteiger partial charge >= 0.3 is 23.9 Å². The maximum Gasteiger partial charge on any atom is 0.358 e. The fourth-order valence-electron chi connectivity index (χ4n) is 1.78. The van der Waals surface area contributed by atoms with Gasteiger partial charge in [0.25, 0.3) is 0 Å². The molecule has 0 aliphatic carbocycles.